The van der Waals surface area contributed by atoms with Crippen LogP contribution in [0.4, 0.5) is 0 Å². The molecule has 1 aromatic rings. The number of nitrogens with two attached hydrogens (primary N) is 1. The van der Waals surface area contributed by atoms with Gasteiger partial charge in [-0.05, 0) is 24.1 Å². The quantitative estimate of drug-likeness (QED) is 0.685. The number of aliphatic hydroxyl groups is 2. The second-order valence-corrected chi connectivity index (χ2v) is 3.82. The Hall–Kier alpha value is -0.420. The first-order valence-corrected chi connectivity index (χ1v) is 4.75. The fourth-order valence-electron chi connectivity index (χ4n) is 0.998. The predicted octanol–water partition coefficient (Wildman–Crippen LogP) is 0.630. The topological polar surface area (TPSA) is 66.5 Å². The molecule has 0 fully saturated rings. The van der Waals surface area contributed by atoms with E-state index in [0.717, 1.165) is 10.0 Å². The number of aliphatic hydroxyl groups excluding tert-OH is 1. The summed E-state index contributed by atoms with van der Waals surface area (Å²) in [6.07, 6.45) is -0.992. The van der Waals surface area contributed by atoms with E-state index in [2.05, 4.69) is 15.9 Å². The van der Waals surface area contributed by atoms with Crippen LogP contribution in [-0.2, 0) is 6.42 Å². The van der Waals surface area contributed by atoms with E-state index in [9.17, 15) is 0 Å². The zero-order chi connectivity index (χ0) is 9.84. The molecule has 0 unspecified atom stereocenters. The summed E-state index contributed by atoms with van der Waals surface area (Å²) in [7, 11) is 0. The predicted molar refractivity (Wildman–Crippen MR) is 54.0 cm³/mol. The summed E-state index contributed by atoms with van der Waals surface area (Å²) in [4.78, 5) is 0. The Morgan fingerprint density at radius 3 is 2.23 bits per heavy atom. The van der Waals surface area contributed by atoms with Crippen LogP contribution in [0.2, 0.25) is 0 Å². The van der Waals surface area contributed by atoms with E-state index in [1.54, 1.807) is 0 Å². The van der Waals surface area contributed by atoms with Gasteiger partial charge in [0, 0.05) is 4.47 Å². The molecular formula is C9H12BrNO2. The van der Waals surface area contributed by atoms with Crippen LogP contribution in [-0.4, -0.2) is 22.5 Å². The molecule has 0 saturated carbocycles. The third-order valence-electron chi connectivity index (χ3n) is 1.77. The summed E-state index contributed by atoms with van der Waals surface area (Å²) < 4.78 is 0.995. The monoisotopic (exact) mass is 245 g/mol. The summed E-state index contributed by atoms with van der Waals surface area (Å²) in [6, 6.07) is 6.96. The van der Waals surface area contributed by atoms with Gasteiger partial charge in [-0.3, -0.25) is 0 Å². The van der Waals surface area contributed by atoms with Crippen molar-refractivity contribution in [1.29, 1.82) is 0 Å². The molecular weight excluding hydrogens is 234 g/mol. The van der Waals surface area contributed by atoms with Crippen LogP contribution in [0.5, 0.6) is 0 Å². The van der Waals surface area contributed by atoms with Gasteiger partial charge in [-0.2, -0.15) is 0 Å². The van der Waals surface area contributed by atoms with Crippen molar-refractivity contribution >= 4 is 15.9 Å². The molecule has 0 radical (unpaired) electrons. The van der Waals surface area contributed by atoms with Gasteiger partial charge in [-0.1, -0.05) is 28.1 Å². The number of benzene rings is 1. The highest BCUT2D eigenvalue weighted by atomic mass is 79.9. The molecule has 72 valence electrons. The molecule has 0 bridgehead atoms. The summed E-state index contributed by atoms with van der Waals surface area (Å²) in [5.41, 5.74) is 6.46. The van der Waals surface area contributed by atoms with Gasteiger partial charge in [0.15, 0.2) is 6.29 Å². The van der Waals surface area contributed by atoms with Crippen LogP contribution in [0.1, 0.15) is 5.56 Å². The van der Waals surface area contributed by atoms with E-state index in [0.29, 0.717) is 6.42 Å². The molecule has 0 saturated heterocycles. The Balaban J connectivity index is 2.59. The first-order valence-electron chi connectivity index (χ1n) is 3.96. The van der Waals surface area contributed by atoms with Crippen molar-refractivity contribution < 1.29 is 10.2 Å². The molecule has 3 nitrogen and oxygen atoms in total. The van der Waals surface area contributed by atoms with Gasteiger partial charge in [0.25, 0.3) is 0 Å². The molecule has 0 amide bonds. The molecule has 0 aliphatic heterocycles. The van der Waals surface area contributed by atoms with E-state index >= 15 is 0 Å². The Bertz CT molecular complexity index is 261. The summed E-state index contributed by atoms with van der Waals surface area (Å²) in [5, 5.41) is 17.5. The molecule has 0 heterocycles. The van der Waals surface area contributed by atoms with Gasteiger partial charge in [0.1, 0.15) is 0 Å². The minimum atomic E-state index is -1.45. The molecule has 1 rings (SSSR count). The van der Waals surface area contributed by atoms with Gasteiger partial charge < -0.3 is 15.9 Å². The average molecular weight is 246 g/mol. The van der Waals surface area contributed by atoms with E-state index < -0.39 is 12.3 Å². The van der Waals surface area contributed by atoms with Crippen molar-refractivity contribution in [2.75, 3.05) is 0 Å². The lowest BCUT2D eigenvalue weighted by Crippen LogP contribution is -2.36. The second kappa shape index (κ2) is 4.72. The van der Waals surface area contributed by atoms with E-state index in [-0.39, 0.29) is 0 Å². The highest BCUT2D eigenvalue weighted by Crippen LogP contribution is 2.11. The molecule has 0 aliphatic rings. The Kier molecular flexibility index (Phi) is 3.87. The standard InChI is InChI=1S/C9H12BrNO2/c10-7-3-1-6(2-4-7)5-8(11)9(12)13/h1-4,8-9,12-13H,5,11H2/t8-/m1/s1. The minimum absolute atomic E-state index is 0.463. The Morgan fingerprint density at radius 2 is 1.77 bits per heavy atom. The minimum Gasteiger partial charge on any atom is -0.367 e. The fraction of sp³-hybridized carbons (Fsp3) is 0.333. The van der Waals surface area contributed by atoms with Gasteiger partial charge in [-0.25, -0.2) is 0 Å². The van der Waals surface area contributed by atoms with Gasteiger partial charge >= 0.3 is 0 Å². The lowest BCUT2D eigenvalue weighted by atomic mass is 10.1. The third-order valence-corrected chi connectivity index (χ3v) is 2.30. The van der Waals surface area contributed by atoms with Crippen molar-refractivity contribution in [3.05, 3.63) is 34.3 Å². The zero-order valence-electron chi connectivity index (χ0n) is 7.02. The smallest absolute Gasteiger partial charge is 0.167 e. The van der Waals surface area contributed by atoms with E-state index in [1.165, 1.54) is 0 Å². The van der Waals surface area contributed by atoms with E-state index in [1.807, 2.05) is 24.3 Å². The first kappa shape index (κ1) is 10.7. The number of halogens is 1. The van der Waals surface area contributed by atoms with Crippen LogP contribution in [0.3, 0.4) is 0 Å². The summed E-state index contributed by atoms with van der Waals surface area (Å²) in [6.45, 7) is 0. The third kappa shape index (κ3) is 3.44. The van der Waals surface area contributed by atoms with Crippen molar-refractivity contribution in [1.82, 2.24) is 0 Å². The normalized spacial score (nSPS) is 13.3. The van der Waals surface area contributed by atoms with Crippen molar-refractivity contribution in [2.45, 2.75) is 18.8 Å². The number of rotatable bonds is 3. The largest absolute Gasteiger partial charge is 0.367 e. The maximum atomic E-state index is 8.76. The maximum absolute atomic E-state index is 8.76. The van der Waals surface area contributed by atoms with Crippen LogP contribution < -0.4 is 5.73 Å². The van der Waals surface area contributed by atoms with Gasteiger partial charge in [0.05, 0.1) is 6.04 Å². The number of hydrogen-bond acceptors (Lipinski definition) is 3. The van der Waals surface area contributed by atoms with Crippen LogP contribution in [0, 0.1) is 0 Å². The zero-order valence-corrected chi connectivity index (χ0v) is 8.61. The van der Waals surface area contributed by atoms with Crippen LogP contribution >= 0.6 is 15.9 Å². The second-order valence-electron chi connectivity index (χ2n) is 2.91. The maximum Gasteiger partial charge on any atom is 0.167 e. The van der Waals surface area contributed by atoms with Crippen LogP contribution in [0.25, 0.3) is 0 Å². The lowest BCUT2D eigenvalue weighted by Gasteiger charge is -2.13. The first-order chi connectivity index (χ1) is 6.09. The fourth-order valence-corrected chi connectivity index (χ4v) is 1.26. The molecule has 4 N–H and O–H groups in total. The molecule has 1 atom stereocenters. The van der Waals surface area contributed by atoms with Crippen molar-refractivity contribution in [2.24, 2.45) is 5.73 Å². The highest BCUT2D eigenvalue weighted by Gasteiger charge is 2.11. The van der Waals surface area contributed by atoms with Crippen molar-refractivity contribution in [3.8, 4) is 0 Å². The van der Waals surface area contributed by atoms with Crippen LogP contribution in [0.15, 0.2) is 28.7 Å². The molecule has 0 aromatic heterocycles. The molecule has 13 heavy (non-hydrogen) atoms. The van der Waals surface area contributed by atoms with E-state index in [4.69, 9.17) is 15.9 Å². The Morgan fingerprint density at radius 1 is 1.23 bits per heavy atom. The molecule has 0 aliphatic carbocycles. The average Bonchev–Trinajstić information content (AvgIpc) is 2.08. The SMILES string of the molecule is N[C@H](Cc1ccc(Br)cc1)C(O)O. The molecule has 4 heteroatoms. The lowest BCUT2D eigenvalue weighted by molar-refractivity contribution is -0.0577. The van der Waals surface area contributed by atoms with Gasteiger partial charge in [-0.15, -0.1) is 0 Å². The molecule has 1 aromatic carbocycles. The molecule has 0 spiro atoms. The Labute approximate surface area is 85.3 Å². The van der Waals surface area contributed by atoms with Gasteiger partial charge in [0.2, 0.25) is 0 Å². The summed E-state index contributed by atoms with van der Waals surface area (Å²) in [5.74, 6) is 0. The number of hydrogen-bond donors (Lipinski definition) is 3. The van der Waals surface area contributed by atoms with Crippen molar-refractivity contribution in [3.63, 3.8) is 0 Å². The summed E-state index contributed by atoms with van der Waals surface area (Å²) >= 11 is 3.31. The highest BCUT2D eigenvalue weighted by molar-refractivity contribution is 9.10.